The molecule has 5 rings (SSSR count). The number of carbonyl (C=O) groups is 2. The van der Waals surface area contributed by atoms with Crippen LogP contribution in [0.4, 0.5) is 10.1 Å². The summed E-state index contributed by atoms with van der Waals surface area (Å²) in [5.74, 6) is -0.510. The van der Waals surface area contributed by atoms with E-state index in [1.54, 1.807) is 72.8 Å². The van der Waals surface area contributed by atoms with Crippen molar-refractivity contribution in [1.29, 1.82) is 0 Å². The van der Waals surface area contributed by atoms with Crippen LogP contribution >= 0.6 is 0 Å². The molecule has 2 amide bonds. The highest BCUT2D eigenvalue weighted by Crippen LogP contribution is 2.32. The maximum absolute atomic E-state index is 14.9. The summed E-state index contributed by atoms with van der Waals surface area (Å²) >= 11 is 0. The van der Waals surface area contributed by atoms with Crippen LogP contribution in [0.25, 0.3) is 11.0 Å². The van der Waals surface area contributed by atoms with E-state index in [1.807, 2.05) is 18.2 Å². The molecule has 0 saturated carbocycles. The number of methoxy groups -OCH3 is 2. The number of aromatic nitrogens is 3. The zero-order valence-corrected chi connectivity index (χ0v) is 22.5. The molecule has 0 aliphatic rings. The molecule has 9 nitrogen and oxygen atoms in total. The van der Waals surface area contributed by atoms with E-state index in [0.717, 1.165) is 0 Å². The number of ether oxygens (including phenoxy) is 2. The van der Waals surface area contributed by atoms with Gasteiger partial charge in [0.25, 0.3) is 5.91 Å². The Bertz CT molecular complexity index is 1670. The van der Waals surface area contributed by atoms with Gasteiger partial charge in [-0.1, -0.05) is 65.9 Å². The van der Waals surface area contributed by atoms with E-state index in [-0.39, 0.29) is 18.7 Å². The molecule has 208 valence electrons. The van der Waals surface area contributed by atoms with Crippen molar-refractivity contribution in [3.63, 3.8) is 0 Å². The van der Waals surface area contributed by atoms with Crippen LogP contribution < -0.4 is 14.8 Å². The minimum Gasteiger partial charge on any atom is -0.497 e. The Morgan fingerprint density at radius 2 is 1.66 bits per heavy atom. The second-order valence-electron chi connectivity index (χ2n) is 9.22. The third-order valence-corrected chi connectivity index (χ3v) is 6.67. The SMILES string of the molecule is COc1ccc(NC(=O)[C@H](c2ccccc2)N(Cc2ccccc2F)C(=O)Cn2nnc3ccccc32)c(OC)c1. The summed E-state index contributed by atoms with van der Waals surface area (Å²) in [5, 5.41) is 11.2. The Morgan fingerprint density at radius 1 is 0.927 bits per heavy atom. The molecule has 0 unspecified atom stereocenters. The zero-order chi connectivity index (χ0) is 28.8. The minimum absolute atomic E-state index is 0.162. The molecule has 0 spiro atoms. The number of nitrogens with one attached hydrogen (secondary N) is 1. The van der Waals surface area contributed by atoms with E-state index in [9.17, 15) is 14.0 Å². The molecule has 0 saturated heterocycles. The molecule has 1 N–H and O–H groups in total. The number of anilines is 1. The second-order valence-corrected chi connectivity index (χ2v) is 9.22. The van der Waals surface area contributed by atoms with Gasteiger partial charge >= 0.3 is 0 Å². The number of hydrogen-bond acceptors (Lipinski definition) is 6. The van der Waals surface area contributed by atoms with Gasteiger partial charge in [-0.05, 0) is 35.9 Å². The van der Waals surface area contributed by atoms with Gasteiger partial charge in [-0.25, -0.2) is 9.07 Å². The standard InChI is InChI=1S/C31H28FN5O4/c1-40-23-16-17-26(28(18-23)41-2)33-31(39)30(21-10-4-3-5-11-21)36(19-22-12-6-7-13-24(22)32)29(38)20-37-27-15-9-8-14-25(27)34-35-37/h3-18,30H,19-20H2,1-2H3,(H,33,39)/t30-/m0/s1. The summed E-state index contributed by atoms with van der Waals surface area (Å²) < 4.78 is 27.1. The summed E-state index contributed by atoms with van der Waals surface area (Å²) in [4.78, 5) is 29.4. The third-order valence-electron chi connectivity index (χ3n) is 6.67. The number of nitrogens with zero attached hydrogens (tertiary/aromatic N) is 4. The zero-order valence-electron chi connectivity index (χ0n) is 22.5. The number of halogens is 1. The van der Waals surface area contributed by atoms with Gasteiger partial charge in [0, 0.05) is 18.2 Å². The van der Waals surface area contributed by atoms with Gasteiger partial charge in [-0.15, -0.1) is 5.10 Å². The quantitative estimate of drug-likeness (QED) is 0.262. The number of benzene rings is 4. The van der Waals surface area contributed by atoms with E-state index < -0.39 is 23.7 Å². The van der Waals surface area contributed by atoms with Gasteiger partial charge in [0.05, 0.1) is 25.4 Å². The lowest BCUT2D eigenvalue weighted by molar-refractivity contribution is -0.140. The highest BCUT2D eigenvalue weighted by atomic mass is 19.1. The Balaban J connectivity index is 1.56. The fraction of sp³-hybridized carbons (Fsp3) is 0.161. The van der Waals surface area contributed by atoms with Crippen LogP contribution in [-0.2, 0) is 22.7 Å². The Hall–Kier alpha value is -5.25. The maximum Gasteiger partial charge on any atom is 0.251 e. The first-order chi connectivity index (χ1) is 20.0. The Morgan fingerprint density at radius 3 is 2.41 bits per heavy atom. The number of rotatable bonds is 10. The van der Waals surface area contributed by atoms with Crippen LogP contribution in [0.3, 0.4) is 0 Å². The van der Waals surface area contributed by atoms with Crippen LogP contribution in [0.1, 0.15) is 17.2 Å². The van der Waals surface area contributed by atoms with Gasteiger partial charge in [0.15, 0.2) is 0 Å². The fourth-order valence-corrected chi connectivity index (χ4v) is 4.60. The molecule has 5 aromatic rings. The first-order valence-corrected chi connectivity index (χ1v) is 12.9. The number of amides is 2. The first-order valence-electron chi connectivity index (χ1n) is 12.9. The fourth-order valence-electron chi connectivity index (χ4n) is 4.60. The van der Waals surface area contributed by atoms with E-state index in [4.69, 9.17) is 9.47 Å². The molecule has 0 aliphatic heterocycles. The van der Waals surface area contributed by atoms with Gasteiger partial charge in [0.1, 0.15) is 35.4 Å². The summed E-state index contributed by atoms with van der Waals surface area (Å²) in [6, 6.07) is 26.2. The van der Waals surface area contributed by atoms with Crippen LogP contribution in [0.5, 0.6) is 11.5 Å². The van der Waals surface area contributed by atoms with Crippen molar-refractivity contribution >= 4 is 28.5 Å². The summed E-state index contributed by atoms with van der Waals surface area (Å²) in [5.41, 5.74) is 2.49. The highest BCUT2D eigenvalue weighted by Gasteiger charge is 2.33. The summed E-state index contributed by atoms with van der Waals surface area (Å²) in [6.45, 7) is -0.373. The monoisotopic (exact) mass is 553 g/mol. The molecule has 1 heterocycles. The van der Waals surface area contributed by atoms with Gasteiger partial charge in [-0.3, -0.25) is 9.59 Å². The number of hydrogen-bond donors (Lipinski definition) is 1. The summed E-state index contributed by atoms with van der Waals surface area (Å²) in [6.07, 6.45) is 0. The largest absolute Gasteiger partial charge is 0.497 e. The minimum atomic E-state index is -1.12. The van der Waals surface area contributed by atoms with Crippen molar-refractivity contribution < 1.29 is 23.5 Å². The average Bonchev–Trinajstić information content (AvgIpc) is 3.41. The van der Waals surface area contributed by atoms with Gasteiger partial charge in [-0.2, -0.15) is 0 Å². The molecule has 1 aromatic heterocycles. The van der Waals surface area contributed by atoms with Crippen molar-refractivity contribution in [3.8, 4) is 11.5 Å². The van der Waals surface area contributed by atoms with E-state index >= 15 is 0 Å². The first kappa shape index (κ1) is 27.3. The van der Waals surface area contributed by atoms with Crippen molar-refractivity contribution in [3.05, 3.63) is 114 Å². The number of fused-ring (bicyclic) bond motifs is 1. The molecule has 4 aromatic carbocycles. The lowest BCUT2D eigenvalue weighted by atomic mass is 10.0. The van der Waals surface area contributed by atoms with Crippen molar-refractivity contribution in [2.75, 3.05) is 19.5 Å². The molecule has 0 radical (unpaired) electrons. The van der Waals surface area contributed by atoms with Crippen molar-refractivity contribution in [2.24, 2.45) is 0 Å². The lowest BCUT2D eigenvalue weighted by Crippen LogP contribution is -2.42. The second kappa shape index (κ2) is 12.3. The molecule has 1 atom stereocenters. The average molecular weight is 554 g/mol. The smallest absolute Gasteiger partial charge is 0.251 e. The van der Waals surface area contributed by atoms with E-state index in [2.05, 4.69) is 15.6 Å². The predicted molar refractivity (Wildman–Crippen MR) is 152 cm³/mol. The Labute approximate surface area is 236 Å². The van der Waals surface area contributed by atoms with Gasteiger partial charge in [0.2, 0.25) is 5.91 Å². The molecule has 41 heavy (non-hydrogen) atoms. The van der Waals surface area contributed by atoms with Crippen molar-refractivity contribution in [2.45, 2.75) is 19.1 Å². The molecule has 0 fully saturated rings. The van der Waals surface area contributed by atoms with Gasteiger partial charge < -0.3 is 19.7 Å². The maximum atomic E-state index is 14.9. The highest BCUT2D eigenvalue weighted by molar-refractivity contribution is 5.99. The lowest BCUT2D eigenvalue weighted by Gasteiger charge is -2.32. The molecular weight excluding hydrogens is 525 g/mol. The van der Waals surface area contributed by atoms with E-state index in [1.165, 1.54) is 29.9 Å². The normalized spacial score (nSPS) is 11.6. The predicted octanol–water partition coefficient (Wildman–Crippen LogP) is 5.00. The Kier molecular flexibility index (Phi) is 8.19. The number of carbonyl (C=O) groups excluding carboxylic acids is 2. The van der Waals surface area contributed by atoms with Crippen LogP contribution in [-0.4, -0.2) is 45.9 Å². The topological polar surface area (TPSA) is 98.6 Å². The third kappa shape index (κ3) is 6.01. The van der Waals surface area contributed by atoms with Crippen LogP contribution in [0.15, 0.2) is 97.1 Å². The molecule has 0 aliphatic carbocycles. The molecular formula is C31H28FN5O4. The van der Waals surface area contributed by atoms with E-state index in [0.29, 0.717) is 33.8 Å². The number of para-hydroxylation sites is 1. The molecule has 10 heteroatoms. The van der Waals surface area contributed by atoms with Crippen LogP contribution in [0, 0.1) is 5.82 Å². The summed E-state index contributed by atoms with van der Waals surface area (Å²) in [7, 11) is 3.01. The van der Waals surface area contributed by atoms with Crippen molar-refractivity contribution in [1.82, 2.24) is 19.9 Å². The molecule has 0 bridgehead atoms. The van der Waals surface area contributed by atoms with Crippen LogP contribution in [0.2, 0.25) is 0 Å².